The highest BCUT2D eigenvalue weighted by Crippen LogP contribution is 2.26. The summed E-state index contributed by atoms with van der Waals surface area (Å²) >= 11 is 1.70. The lowest BCUT2D eigenvalue weighted by molar-refractivity contribution is 0.0391. The molecule has 1 atom stereocenters. The molecular formula is C28H35N3O2S. The molecule has 6 heteroatoms. The number of morpholine rings is 1. The molecule has 2 heterocycles. The van der Waals surface area contributed by atoms with E-state index >= 15 is 0 Å². The van der Waals surface area contributed by atoms with Crippen molar-refractivity contribution in [2.24, 2.45) is 0 Å². The molecule has 180 valence electrons. The van der Waals surface area contributed by atoms with E-state index in [0.29, 0.717) is 0 Å². The fourth-order valence-corrected chi connectivity index (χ4v) is 4.75. The van der Waals surface area contributed by atoms with Crippen molar-refractivity contribution in [1.29, 1.82) is 0 Å². The SMILES string of the molecule is CC(CCCc1cccnc1)Oc1ccc(-c2cccc(SNCCN3CCOCC3)c2)cc1. The molecule has 0 aliphatic carbocycles. The topological polar surface area (TPSA) is 46.6 Å². The molecule has 5 nitrogen and oxygen atoms in total. The highest BCUT2D eigenvalue weighted by molar-refractivity contribution is 7.97. The molecule has 0 amide bonds. The van der Waals surface area contributed by atoms with Crippen LogP contribution in [-0.4, -0.2) is 55.4 Å². The Kier molecular flexibility index (Phi) is 9.82. The van der Waals surface area contributed by atoms with Crippen molar-refractivity contribution in [2.45, 2.75) is 37.2 Å². The van der Waals surface area contributed by atoms with Crippen LogP contribution < -0.4 is 9.46 Å². The van der Waals surface area contributed by atoms with Gasteiger partial charge in [-0.05, 0) is 85.2 Å². The van der Waals surface area contributed by atoms with Gasteiger partial charge in [0.25, 0.3) is 0 Å². The summed E-state index contributed by atoms with van der Waals surface area (Å²) < 4.78 is 15.0. The molecule has 1 saturated heterocycles. The van der Waals surface area contributed by atoms with Crippen molar-refractivity contribution in [2.75, 3.05) is 39.4 Å². The number of nitrogens with zero attached hydrogens (tertiary/aromatic N) is 2. The minimum atomic E-state index is 0.186. The van der Waals surface area contributed by atoms with E-state index in [4.69, 9.17) is 9.47 Å². The lowest BCUT2D eigenvalue weighted by Crippen LogP contribution is -2.39. The zero-order valence-electron chi connectivity index (χ0n) is 20.0. The third-order valence-corrected chi connectivity index (χ3v) is 6.82. The van der Waals surface area contributed by atoms with E-state index in [9.17, 15) is 0 Å². The van der Waals surface area contributed by atoms with Crippen LogP contribution in [0.15, 0.2) is 78.0 Å². The molecule has 1 aromatic heterocycles. The molecule has 0 radical (unpaired) electrons. The smallest absolute Gasteiger partial charge is 0.119 e. The number of aryl methyl sites for hydroxylation is 1. The summed E-state index contributed by atoms with van der Waals surface area (Å²) in [5.74, 6) is 0.924. The second-order valence-electron chi connectivity index (χ2n) is 8.68. The molecule has 4 rings (SSSR count). The highest BCUT2D eigenvalue weighted by atomic mass is 32.2. The van der Waals surface area contributed by atoms with Gasteiger partial charge >= 0.3 is 0 Å². The first-order chi connectivity index (χ1) is 16.8. The Morgan fingerprint density at radius 1 is 1.06 bits per heavy atom. The van der Waals surface area contributed by atoms with Gasteiger partial charge in [-0.1, -0.05) is 30.3 Å². The second-order valence-corrected chi connectivity index (χ2v) is 9.65. The number of nitrogens with one attached hydrogen (secondary N) is 1. The number of benzene rings is 2. The largest absolute Gasteiger partial charge is 0.491 e. The molecule has 1 aliphatic heterocycles. The maximum atomic E-state index is 6.14. The minimum absolute atomic E-state index is 0.186. The van der Waals surface area contributed by atoms with Crippen molar-refractivity contribution in [3.63, 3.8) is 0 Å². The Hall–Kier alpha value is -2.38. The lowest BCUT2D eigenvalue weighted by Gasteiger charge is -2.26. The first kappa shape index (κ1) is 24.7. The summed E-state index contributed by atoms with van der Waals surface area (Å²) in [5, 5.41) is 0. The Bertz CT molecular complexity index is 978. The van der Waals surface area contributed by atoms with Gasteiger partial charge in [-0.15, -0.1) is 0 Å². The van der Waals surface area contributed by atoms with Crippen LogP contribution in [0.4, 0.5) is 0 Å². The average molecular weight is 478 g/mol. The minimum Gasteiger partial charge on any atom is -0.491 e. The van der Waals surface area contributed by atoms with Crippen LogP contribution >= 0.6 is 11.9 Å². The summed E-state index contributed by atoms with van der Waals surface area (Å²) in [5.41, 5.74) is 3.70. The monoisotopic (exact) mass is 477 g/mol. The molecule has 0 bridgehead atoms. The summed E-state index contributed by atoms with van der Waals surface area (Å²) in [4.78, 5) is 7.85. The number of ether oxygens (including phenoxy) is 2. The summed E-state index contributed by atoms with van der Waals surface area (Å²) in [6, 6.07) is 21.2. The number of hydrogen-bond donors (Lipinski definition) is 1. The average Bonchev–Trinajstić information content (AvgIpc) is 2.88. The van der Waals surface area contributed by atoms with Gasteiger partial charge in [0, 0.05) is 43.5 Å². The number of pyridine rings is 1. The quantitative estimate of drug-likeness (QED) is 0.276. The van der Waals surface area contributed by atoms with E-state index < -0.39 is 0 Å². The summed E-state index contributed by atoms with van der Waals surface area (Å²) in [6.07, 6.45) is 7.10. The normalized spacial score (nSPS) is 15.2. The molecule has 1 fully saturated rings. The number of hydrogen-bond acceptors (Lipinski definition) is 6. The molecule has 1 unspecified atom stereocenters. The van der Waals surface area contributed by atoms with Crippen LogP contribution in [0.3, 0.4) is 0 Å². The predicted octanol–water partition coefficient (Wildman–Crippen LogP) is 5.47. The molecule has 0 spiro atoms. The fraction of sp³-hybridized carbons (Fsp3) is 0.393. The van der Waals surface area contributed by atoms with Crippen molar-refractivity contribution in [1.82, 2.24) is 14.6 Å². The standard InChI is InChI=1S/C28H35N3O2S/c1-23(5-2-6-24-7-4-14-29-22-24)33-27-12-10-25(11-13-27)26-8-3-9-28(21-26)34-30-15-16-31-17-19-32-20-18-31/h3-4,7-14,21-23,30H,2,5-6,15-20H2,1H3. The third kappa shape index (κ3) is 8.13. The first-order valence-corrected chi connectivity index (χ1v) is 13.0. The van der Waals surface area contributed by atoms with E-state index in [1.807, 2.05) is 18.5 Å². The van der Waals surface area contributed by atoms with E-state index in [1.165, 1.54) is 21.6 Å². The van der Waals surface area contributed by atoms with Gasteiger partial charge in [0.2, 0.25) is 0 Å². The second kappa shape index (κ2) is 13.5. The maximum absolute atomic E-state index is 6.14. The van der Waals surface area contributed by atoms with E-state index in [2.05, 4.69) is 76.1 Å². The van der Waals surface area contributed by atoms with Gasteiger partial charge in [-0.3, -0.25) is 14.6 Å². The van der Waals surface area contributed by atoms with Crippen molar-refractivity contribution < 1.29 is 9.47 Å². The third-order valence-electron chi connectivity index (χ3n) is 5.98. The molecule has 2 aromatic carbocycles. The number of rotatable bonds is 12. The van der Waals surface area contributed by atoms with Crippen molar-refractivity contribution in [3.8, 4) is 16.9 Å². The van der Waals surface area contributed by atoms with Crippen LogP contribution in [0.2, 0.25) is 0 Å². The Morgan fingerprint density at radius 3 is 2.71 bits per heavy atom. The zero-order chi connectivity index (χ0) is 23.4. The van der Waals surface area contributed by atoms with E-state index in [-0.39, 0.29) is 6.10 Å². The van der Waals surface area contributed by atoms with Crippen LogP contribution in [0.1, 0.15) is 25.3 Å². The van der Waals surface area contributed by atoms with Gasteiger partial charge in [0.05, 0.1) is 19.3 Å². The fourth-order valence-electron chi connectivity index (χ4n) is 4.06. The van der Waals surface area contributed by atoms with Gasteiger partial charge in [-0.2, -0.15) is 0 Å². The molecule has 34 heavy (non-hydrogen) atoms. The Morgan fingerprint density at radius 2 is 1.91 bits per heavy atom. The van der Waals surface area contributed by atoms with Gasteiger partial charge < -0.3 is 9.47 Å². The Labute approximate surface area is 208 Å². The highest BCUT2D eigenvalue weighted by Gasteiger charge is 2.09. The molecule has 3 aromatic rings. The Balaban J connectivity index is 1.21. The van der Waals surface area contributed by atoms with Gasteiger partial charge in [0.15, 0.2) is 0 Å². The molecular weight excluding hydrogens is 442 g/mol. The van der Waals surface area contributed by atoms with Crippen LogP contribution in [0.5, 0.6) is 5.75 Å². The predicted molar refractivity (Wildman–Crippen MR) is 140 cm³/mol. The van der Waals surface area contributed by atoms with Crippen molar-refractivity contribution in [3.05, 3.63) is 78.6 Å². The zero-order valence-corrected chi connectivity index (χ0v) is 20.8. The lowest BCUT2D eigenvalue weighted by atomic mass is 10.1. The van der Waals surface area contributed by atoms with Gasteiger partial charge in [-0.25, -0.2) is 0 Å². The van der Waals surface area contributed by atoms with Gasteiger partial charge in [0.1, 0.15) is 5.75 Å². The summed E-state index contributed by atoms with van der Waals surface area (Å²) in [7, 11) is 0. The van der Waals surface area contributed by atoms with Crippen molar-refractivity contribution >= 4 is 11.9 Å². The van der Waals surface area contributed by atoms with Crippen LogP contribution in [0.25, 0.3) is 11.1 Å². The summed E-state index contributed by atoms with van der Waals surface area (Å²) in [6.45, 7) is 7.93. The maximum Gasteiger partial charge on any atom is 0.119 e. The molecule has 1 aliphatic rings. The molecule has 0 saturated carbocycles. The van der Waals surface area contributed by atoms with E-state index in [0.717, 1.165) is 64.4 Å². The first-order valence-electron chi connectivity index (χ1n) is 12.2. The van der Waals surface area contributed by atoms with Crippen LogP contribution in [0, 0.1) is 0 Å². The molecule has 1 N–H and O–H groups in total. The number of aromatic nitrogens is 1. The van der Waals surface area contributed by atoms with Crippen LogP contribution in [-0.2, 0) is 11.2 Å². The van der Waals surface area contributed by atoms with E-state index in [1.54, 1.807) is 11.9 Å².